The van der Waals surface area contributed by atoms with E-state index in [0.717, 1.165) is 16.7 Å². The lowest BCUT2D eigenvalue weighted by atomic mass is 10.1. The molecule has 7 heteroatoms. The molecule has 0 bridgehead atoms. The van der Waals surface area contributed by atoms with Crippen molar-refractivity contribution >= 4 is 15.9 Å². The highest BCUT2D eigenvalue weighted by atomic mass is 32.2. The van der Waals surface area contributed by atoms with Gasteiger partial charge >= 0.3 is 0 Å². The predicted molar refractivity (Wildman–Crippen MR) is 114 cm³/mol. The van der Waals surface area contributed by atoms with Gasteiger partial charge in [-0.25, -0.2) is 8.42 Å². The monoisotopic (exact) mass is 418 g/mol. The standard InChI is InChI=1S/C22H30N2O4S/c1-16-6-8-20(9-7-16)14-24(15-21(25)23-10-11-28-5)29(26,27)22-18(3)12-17(2)13-19(22)4/h6-9,12-13H,10-11,14-15H2,1-5H3,(H,23,25). The smallest absolute Gasteiger partial charge is 0.244 e. The van der Waals surface area contributed by atoms with Crippen molar-refractivity contribution < 1.29 is 17.9 Å². The van der Waals surface area contributed by atoms with Crippen LogP contribution in [0.2, 0.25) is 0 Å². The predicted octanol–water partition coefficient (Wildman–Crippen LogP) is 2.87. The van der Waals surface area contributed by atoms with Crippen LogP contribution in [0.25, 0.3) is 0 Å². The van der Waals surface area contributed by atoms with Crippen molar-refractivity contribution in [1.82, 2.24) is 9.62 Å². The Balaban J connectivity index is 2.39. The topological polar surface area (TPSA) is 75.7 Å². The number of ether oxygens (including phenoxy) is 1. The molecule has 0 spiro atoms. The van der Waals surface area contributed by atoms with E-state index in [4.69, 9.17) is 4.74 Å². The molecular weight excluding hydrogens is 388 g/mol. The number of amides is 1. The highest BCUT2D eigenvalue weighted by Gasteiger charge is 2.29. The second-order valence-corrected chi connectivity index (χ2v) is 9.20. The molecule has 0 heterocycles. The van der Waals surface area contributed by atoms with Gasteiger partial charge in [0, 0.05) is 20.2 Å². The largest absolute Gasteiger partial charge is 0.383 e. The first-order valence-corrected chi connectivity index (χ1v) is 11.0. The summed E-state index contributed by atoms with van der Waals surface area (Å²) in [4.78, 5) is 12.7. The number of aryl methyl sites for hydroxylation is 4. The SMILES string of the molecule is COCCNC(=O)CN(Cc1ccc(C)cc1)S(=O)(=O)c1c(C)cc(C)cc1C. The van der Waals surface area contributed by atoms with Crippen molar-refractivity contribution in [3.05, 3.63) is 64.2 Å². The van der Waals surface area contributed by atoms with Crippen molar-refractivity contribution in [2.24, 2.45) is 0 Å². The Kier molecular flexibility index (Phi) is 7.96. The van der Waals surface area contributed by atoms with Crippen LogP contribution in [0.3, 0.4) is 0 Å². The summed E-state index contributed by atoms with van der Waals surface area (Å²) in [5, 5.41) is 2.70. The van der Waals surface area contributed by atoms with Gasteiger partial charge < -0.3 is 10.1 Å². The Morgan fingerprint density at radius 2 is 1.59 bits per heavy atom. The number of hydrogen-bond donors (Lipinski definition) is 1. The molecule has 6 nitrogen and oxygen atoms in total. The third-order valence-corrected chi connectivity index (χ3v) is 6.73. The van der Waals surface area contributed by atoms with E-state index in [1.807, 2.05) is 50.2 Å². The molecule has 1 N–H and O–H groups in total. The second-order valence-electron chi connectivity index (χ2n) is 7.33. The third kappa shape index (κ3) is 6.13. The average Bonchev–Trinajstić information content (AvgIpc) is 2.62. The summed E-state index contributed by atoms with van der Waals surface area (Å²) in [5.41, 5.74) is 4.27. The summed E-state index contributed by atoms with van der Waals surface area (Å²) < 4.78 is 33.3. The van der Waals surface area contributed by atoms with Gasteiger partial charge in [0.1, 0.15) is 0 Å². The van der Waals surface area contributed by atoms with Crippen molar-refractivity contribution in [1.29, 1.82) is 0 Å². The van der Waals surface area contributed by atoms with E-state index in [9.17, 15) is 13.2 Å². The molecule has 1 amide bonds. The summed E-state index contributed by atoms with van der Waals surface area (Å²) in [5.74, 6) is -0.361. The van der Waals surface area contributed by atoms with Gasteiger partial charge in [0.05, 0.1) is 18.0 Å². The van der Waals surface area contributed by atoms with Crippen LogP contribution in [0.4, 0.5) is 0 Å². The van der Waals surface area contributed by atoms with Crippen LogP contribution >= 0.6 is 0 Å². The van der Waals surface area contributed by atoms with Gasteiger partial charge in [0.15, 0.2) is 0 Å². The number of rotatable bonds is 9. The molecule has 0 saturated carbocycles. The van der Waals surface area contributed by atoms with E-state index >= 15 is 0 Å². The van der Waals surface area contributed by atoms with Crippen LogP contribution in [0.15, 0.2) is 41.3 Å². The zero-order chi connectivity index (χ0) is 21.6. The van der Waals surface area contributed by atoms with Gasteiger partial charge in [-0.15, -0.1) is 0 Å². The number of carbonyl (C=O) groups excluding carboxylic acids is 1. The molecule has 0 atom stereocenters. The molecule has 2 aromatic carbocycles. The van der Waals surface area contributed by atoms with E-state index in [2.05, 4.69) is 5.32 Å². The molecule has 0 fully saturated rings. The van der Waals surface area contributed by atoms with E-state index in [1.54, 1.807) is 21.0 Å². The number of nitrogens with one attached hydrogen (secondary N) is 1. The summed E-state index contributed by atoms with van der Waals surface area (Å²) in [6, 6.07) is 11.3. The maximum absolute atomic E-state index is 13.5. The van der Waals surface area contributed by atoms with E-state index in [1.165, 1.54) is 4.31 Å². The molecule has 0 aliphatic rings. The van der Waals surface area contributed by atoms with Gasteiger partial charge in [-0.05, 0) is 44.4 Å². The van der Waals surface area contributed by atoms with E-state index in [-0.39, 0.29) is 23.9 Å². The lowest BCUT2D eigenvalue weighted by Crippen LogP contribution is -2.41. The van der Waals surface area contributed by atoms with Crippen LogP contribution in [0, 0.1) is 27.7 Å². The molecule has 0 saturated heterocycles. The molecule has 2 aromatic rings. The number of carbonyl (C=O) groups is 1. The highest BCUT2D eigenvalue weighted by Crippen LogP contribution is 2.26. The fraction of sp³-hybridized carbons (Fsp3) is 0.409. The van der Waals surface area contributed by atoms with Crippen molar-refractivity contribution in [2.45, 2.75) is 39.1 Å². The fourth-order valence-corrected chi connectivity index (χ4v) is 5.13. The van der Waals surface area contributed by atoms with Crippen molar-refractivity contribution in [3.63, 3.8) is 0 Å². The molecule has 0 aliphatic heterocycles. The molecule has 0 unspecified atom stereocenters. The van der Waals surface area contributed by atoms with Crippen molar-refractivity contribution in [2.75, 3.05) is 26.8 Å². The fourth-order valence-electron chi connectivity index (χ4n) is 3.33. The zero-order valence-corrected chi connectivity index (χ0v) is 18.6. The summed E-state index contributed by atoms with van der Waals surface area (Å²) in [6.45, 7) is 8.04. The minimum atomic E-state index is -3.87. The Bertz CT molecular complexity index is 930. The molecule has 29 heavy (non-hydrogen) atoms. The molecule has 0 radical (unpaired) electrons. The first-order chi connectivity index (χ1) is 13.6. The Morgan fingerprint density at radius 1 is 1.00 bits per heavy atom. The van der Waals surface area contributed by atoms with Gasteiger partial charge in [-0.1, -0.05) is 47.5 Å². The van der Waals surface area contributed by atoms with Crippen molar-refractivity contribution in [3.8, 4) is 0 Å². The lowest BCUT2D eigenvalue weighted by Gasteiger charge is -2.24. The number of sulfonamides is 1. The maximum Gasteiger partial charge on any atom is 0.244 e. The number of benzene rings is 2. The number of methoxy groups -OCH3 is 1. The molecule has 0 aliphatic carbocycles. The highest BCUT2D eigenvalue weighted by molar-refractivity contribution is 7.89. The summed E-state index contributed by atoms with van der Waals surface area (Å²) in [7, 11) is -2.33. The van der Waals surface area contributed by atoms with Crippen LogP contribution in [0.5, 0.6) is 0 Å². The quantitative estimate of drug-likeness (QED) is 0.636. The second kappa shape index (κ2) is 10.0. The number of hydrogen-bond acceptors (Lipinski definition) is 4. The molecule has 0 aromatic heterocycles. The average molecular weight is 419 g/mol. The maximum atomic E-state index is 13.5. The molecular formula is C22H30N2O4S. The first kappa shape index (κ1) is 23.1. The van der Waals surface area contributed by atoms with Gasteiger partial charge in [0.2, 0.25) is 15.9 Å². The molecule has 2 rings (SSSR count). The summed E-state index contributed by atoms with van der Waals surface area (Å²) >= 11 is 0. The Hall–Kier alpha value is -2.22. The lowest BCUT2D eigenvalue weighted by molar-refractivity contribution is -0.121. The van der Waals surface area contributed by atoms with Crippen LogP contribution in [-0.2, 0) is 26.1 Å². The van der Waals surface area contributed by atoms with Crippen LogP contribution in [-0.4, -0.2) is 45.4 Å². The van der Waals surface area contributed by atoms with Gasteiger partial charge in [0.25, 0.3) is 0 Å². The summed E-state index contributed by atoms with van der Waals surface area (Å²) in [6.07, 6.45) is 0. The number of nitrogens with zero attached hydrogens (tertiary/aromatic N) is 1. The Morgan fingerprint density at radius 3 is 2.14 bits per heavy atom. The minimum Gasteiger partial charge on any atom is -0.383 e. The zero-order valence-electron chi connectivity index (χ0n) is 17.8. The Labute approximate surface area is 173 Å². The first-order valence-electron chi connectivity index (χ1n) is 9.54. The molecule has 158 valence electrons. The normalized spacial score (nSPS) is 11.7. The van der Waals surface area contributed by atoms with Crippen LogP contribution < -0.4 is 5.32 Å². The third-order valence-electron chi connectivity index (χ3n) is 4.63. The van der Waals surface area contributed by atoms with E-state index < -0.39 is 10.0 Å². The van der Waals surface area contributed by atoms with E-state index in [0.29, 0.717) is 24.3 Å². The minimum absolute atomic E-state index is 0.118. The van der Waals surface area contributed by atoms with Crippen LogP contribution in [0.1, 0.15) is 27.8 Å². The van der Waals surface area contributed by atoms with Gasteiger partial charge in [-0.2, -0.15) is 4.31 Å². The van der Waals surface area contributed by atoms with Gasteiger partial charge in [-0.3, -0.25) is 4.79 Å².